The molecule has 3 heterocycles. The van der Waals surface area contributed by atoms with E-state index in [0.29, 0.717) is 24.2 Å². The minimum Gasteiger partial charge on any atom is -0.365 e. The monoisotopic (exact) mass is 275 g/mol. The van der Waals surface area contributed by atoms with Crippen molar-refractivity contribution in [2.24, 2.45) is 10.7 Å². The number of nitrogens with one attached hydrogen (secondary N) is 3. The first-order valence-corrected chi connectivity index (χ1v) is 6.35. The van der Waals surface area contributed by atoms with Crippen LogP contribution in [0.15, 0.2) is 28.1 Å². The number of hydrogen-bond acceptors (Lipinski definition) is 4. The fourth-order valence-corrected chi connectivity index (χ4v) is 2.38. The Morgan fingerprint density at radius 2 is 2.32 bits per heavy atom. The zero-order valence-corrected chi connectivity index (χ0v) is 10.9. The minimum absolute atomic E-state index is 0.190. The number of aromatic amines is 3. The molecule has 19 heavy (non-hydrogen) atoms. The normalized spacial score (nSPS) is 15.1. The van der Waals surface area contributed by atoms with E-state index in [9.17, 15) is 4.79 Å². The molecule has 0 bridgehead atoms. The van der Waals surface area contributed by atoms with Crippen molar-refractivity contribution < 1.29 is 0 Å². The zero-order chi connectivity index (χ0) is 13.4. The van der Waals surface area contributed by atoms with Gasteiger partial charge in [0.2, 0.25) is 0 Å². The summed E-state index contributed by atoms with van der Waals surface area (Å²) < 4.78 is 0.284. The van der Waals surface area contributed by atoms with E-state index in [1.54, 1.807) is 0 Å². The summed E-state index contributed by atoms with van der Waals surface area (Å²) in [6.07, 6.45) is 2.99. The highest BCUT2D eigenvalue weighted by molar-refractivity contribution is 7.71. The van der Waals surface area contributed by atoms with Crippen LogP contribution in [-0.2, 0) is 12.8 Å². The molecular formula is C12H13N5OS. The average molecular weight is 275 g/mol. The molecule has 2 aromatic rings. The van der Waals surface area contributed by atoms with E-state index in [1.807, 2.05) is 18.3 Å². The molecule has 1 atom stereocenters. The SMILES string of the molecule is N[C@@H](Cc1ccc[nH]1)C1=Nc2[nH]c(=S)[nH]c(=O)c2C1. The number of nitrogens with zero attached hydrogens (tertiary/aromatic N) is 1. The molecule has 3 rings (SSSR count). The number of aromatic nitrogens is 3. The van der Waals surface area contributed by atoms with Gasteiger partial charge in [-0.15, -0.1) is 0 Å². The van der Waals surface area contributed by atoms with Gasteiger partial charge in [-0.25, -0.2) is 4.99 Å². The van der Waals surface area contributed by atoms with Gasteiger partial charge in [-0.05, 0) is 24.4 Å². The molecule has 1 aliphatic heterocycles. The molecule has 0 radical (unpaired) electrons. The second-order valence-corrected chi connectivity index (χ2v) is 4.93. The number of H-pyrrole nitrogens is 3. The van der Waals surface area contributed by atoms with Gasteiger partial charge in [-0.2, -0.15) is 0 Å². The van der Waals surface area contributed by atoms with Gasteiger partial charge in [0, 0.05) is 36.5 Å². The molecule has 6 nitrogen and oxygen atoms in total. The molecular weight excluding hydrogens is 262 g/mol. The van der Waals surface area contributed by atoms with Crippen molar-refractivity contribution in [3.63, 3.8) is 0 Å². The highest BCUT2D eigenvalue weighted by Gasteiger charge is 2.23. The van der Waals surface area contributed by atoms with Gasteiger partial charge in [0.05, 0.1) is 5.56 Å². The predicted octanol–water partition coefficient (Wildman–Crippen LogP) is 0.959. The fraction of sp³-hybridized carbons (Fsp3) is 0.250. The Hall–Kier alpha value is -1.99. The van der Waals surface area contributed by atoms with Crippen molar-refractivity contribution in [1.29, 1.82) is 0 Å². The molecule has 0 amide bonds. The third-order valence-corrected chi connectivity index (χ3v) is 3.37. The third kappa shape index (κ3) is 2.29. The number of hydrogen-bond donors (Lipinski definition) is 4. The van der Waals surface area contributed by atoms with Crippen LogP contribution in [0.3, 0.4) is 0 Å². The maximum Gasteiger partial charge on any atom is 0.257 e. The molecule has 5 N–H and O–H groups in total. The van der Waals surface area contributed by atoms with Crippen LogP contribution < -0.4 is 11.3 Å². The standard InChI is InChI=1S/C12H13N5OS/c13-8(4-6-2-1-3-14-6)9-5-7-10(15-9)16-12(19)17-11(7)18/h1-3,8,14H,4-5,13H2,(H2,16,17,18,19)/t8-/m0/s1. The van der Waals surface area contributed by atoms with E-state index < -0.39 is 0 Å². The summed E-state index contributed by atoms with van der Waals surface area (Å²) in [5.74, 6) is 0.533. The van der Waals surface area contributed by atoms with E-state index in [-0.39, 0.29) is 16.4 Å². The molecule has 0 aromatic carbocycles. The molecule has 0 saturated heterocycles. The van der Waals surface area contributed by atoms with E-state index in [4.69, 9.17) is 18.0 Å². The van der Waals surface area contributed by atoms with Crippen molar-refractivity contribution in [3.8, 4) is 0 Å². The summed E-state index contributed by atoms with van der Waals surface area (Å²) in [5, 5.41) is 0. The Morgan fingerprint density at radius 1 is 1.47 bits per heavy atom. The van der Waals surface area contributed by atoms with Crippen molar-refractivity contribution in [2.75, 3.05) is 0 Å². The Kier molecular flexibility index (Phi) is 2.92. The van der Waals surface area contributed by atoms with Crippen LogP contribution in [0.25, 0.3) is 0 Å². The summed E-state index contributed by atoms with van der Waals surface area (Å²) in [4.78, 5) is 24.7. The van der Waals surface area contributed by atoms with Gasteiger partial charge in [-0.3, -0.25) is 9.78 Å². The van der Waals surface area contributed by atoms with Crippen LogP contribution in [0.4, 0.5) is 5.82 Å². The second kappa shape index (κ2) is 4.60. The molecule has 98 valence electrons. The van der Waals surface area contributed by atoms with Crippen LogP contribution >= 0.6 is 12.2 Å². The molecule has 7 heteroatoms. The Morgan fingerprint density at radius 3 is 3.05 bits per heavy atom. The number of fused-ring (bicyclic) bond motifs is 1. The lowest BCUT2D eigenvalue weighted by atomic mass is 10.0. The lowest BCUT2D eigenvalue weighted by Gasteiger charge is -2.09. The predicted molar refractivity (Wildman–Crippen MR) is 75.5 cm³/mol. The first-order chi connectivity index (χ1) is 9.13. The maximum atomic E-state index is 11.8. The van der Waals surface area contributed by atoms with Gasteiger partial charge in [0.1, 0.15) is 5.82 Å². The Balaban J connectivity index is 1.86. The largest absolute Gasteiger partial charge is 0.365 e. The minimum atomic E-state index is -0.215. The van der Waals surface area contributed by atoms with E-state index in [0.717, 1.165) is 11.4 Å². The second-order valence-electron chi connectivity index (χ2n) is 4.52. The first-order valence-electron chi connectivity index (χ1n) is 5.94. The van der Waals surface area contributed by atoms with E-state index in [2.05, 4.69) is 19.9 Å². The highest BCUT2D eigenvalue weighted by Crippen LogP contribution is 2.21. The summed E-state index contributed by atoms with van der Waals surface area (Å²) in [7, 11) is 0. The summed E-state index contributed by atoms with van der Waals surface area (Å²) >= 11 is 4.92. The molecule has 0 saturated carbocycles. The maximum absolute atomic E-state index is 11.8. The molecule has 0 fully saturated rings. The molecule has 0 aliphatic carbocycles. The van der Waals surface area contributed by atoms with Crippen LogP contribution in [0.2, 0.25) is 0 Å². The lowest BCUT2D eigenvalue weighted by molar-refractivity contribution is 0.820. The van der Waals surface area contributed by atoms with Crippen molar-refractivity contribution >= 4 is 23.7 Å². The van der Waals surface area contributed by atoms with Crippen LogP contribution in [0, 0.1) is 4.77 Å². The van der Waals surface area contributed by atoms with Crippen molar-refractivity contribution in [1.82, 2.24) is 15.0 Å². The highest BCUT2D eigenvalue weighted by atomic mass is 32.1. The van der Waals surface area contributed by atoms with E-state index >= 15 is 0 Å². The molecule has 1 aliphatic rings. The molecule has 0 spiro atoms. The smallest absolute Gasteiger partial charge is 0.257 e. The van der Waals surface area contributed by atoms with Gasteiger partial charge in [0.25, 0.3) is 5.56 Å². The first kappa shape index (κ1) is 12.1. The van der Waals surface area contributed by atoms with E-state index in [1.165, 1.54) is 0 Å². The number of nitrogens with two attached hydrogens (primary N) is 1. The lowest BCUT2D eigenvalue weighted by Crippen LogP contribution is -2.33. The Labute approximate surface area is 113 Å². The number of rotatable bonds is 3. The van der Waals surface area contributed by atoms with Gasteiger partial charge < -0.3 is 15.7 Å². The fourth-order valence-electron chi connectivity index (χ4n) is 2.19. The summed E-state index contributed by atoms with van der Waals surface area (Å²) in [5.41, 5.74) is 8.39. The summed E-state index contributed by atoms with van der Waals surface area (Å²) in [6, 6.07) is 3.69. The third-order valence-electron chi connectivity index (χ3n) is 3.16. The van der Waals surface area contributed by atoms with Gasteiger partial charge in [-0.1, -0.05) is 0 Å². The zero-order valence-electron chi connectivity index (χ0n) is 10.1. The molecule has 0 unspecified atom stereocenters. The van der Waals surface area contributed by atoms with Gasteiger partial charge >= 0.3 is 0 Å². The van der Waals surface area contributed by atoms with Crippen LogP contribution in [0.5, 0.6) is 0 Å². The average Bonchev–Trinajstić information content (AvgIpc) is 2.97. The van der Waals surface area contributed by atoms with Crippen molar-refractivity contribution in [3.05, 3.63) is 44.7 Å². The van der Waals surface area contributed by atoms with Crippen LogP contribution in [0.1, 0.15) is 11.3 Å². The Bertz CT molecular complexity index is 740. The topological polar surface area (TPSA) is 103 Å². The quantitative estimate of drug-likeness (QED) is 0.627. The van der Waals surface area contributed by atoms with Gasteiger partial charge in [0.15, 0.2) is 4.77 Å². The van der Waals surface area contributed by atoms with Crippen LogP contribution in [-0.4, -0.2) is 26.7 Å². The number of aliphatic imine (C=N–C) groups is 1. The molecule has 2 aromatic heterocycles. The summed E-state index contributed by atoms with van der Waals surface area (Å²) in [6.45, 7) is 0. The van der Waals surface area contributed by atoms with Crippen molar-refractivity contribution in [2.45, 2.75) is 18.9 Å².